The molecule has 0 aliphatic heterocycles. The van der Waals surface area contributed by atoms with Crippen LogP contribution in [0.3, 0.4) is 0 Å². The molecule has 0 heterocycles. The van der Waals surface area contributed by atoms with Crippen molar-refractivity contribution < 1.29 is 5.48 Å². The minimum absolute atomic E-state index is 0. The van der Waals surface area contributed by atoms with Gasteiger partial charge in [0.2, 0.25) is 0 Å². The Kier molecular flexibility index (Phi) is 14.0. The molecule has 1 radical (unpaired) electrons. The third-order valence-electron chi connectivity index (χ3n) is 1.81. The predicted molar refractivity (Wildman–Crippen MR) is 54.7 cm³/mol. The van der Waals surface area contributed by atoms with Gasteiger partial charge < -0.3 is 5.48 Å². The largest absolute Gasteiger partial charge is 0.412 e. The van der Waals surface area contributed by atoms with Crippen molar-refractivity contribution in [3.8, 4) is 0 Å². The van der Waals surface area contributed by atoms with Crippen molar-refractivity contribution in [3.05, 3.63) is 0 Å². The predicted octanol–water partition coefficient (Wildman–Crippen LogP) is 2.89. The normalized spacial score (nSPS) is 9.82. The van der Waals surface area contributed by atoms with Crippen molar-refractivity contribution in [2.24, 2.45) is 0 Å². The summed E-state index contributed by atoms with van der Waals surface area (Å²) in [4.78, 5) is 0. The van der Waals surface area contributed by atoms with Gasteiger partial charge in [-0.3, -0.25) is 0 Å². The van der Waals surface area contributed by atoms with Crippen LogP contribution >= 0.6 is 0 Å². The van der Waals surface area contributed by atoms with Crippen molar-refractivity contribution in [2.75, 3.05) is 0 Å². The third-order valence-corrected chi connectivity index (χ3v) is 12.1. The Morgan fingerprint density at radius 1 is 0.727 bits per heavy atom. The zero-order chi connectivity index (χ0) is 7.82. The van der Waals surface area contributed by atoms with Gasteiger partial charge in [-0.2, -0.15) is 0 Å². The molecule has 0 aliphatic carbocycles. The Balaban J connectivity index is 0. The fraction of sp³-hybridized carbons (Fsp3) is 1.00. The van der Waals surface area contributed by atoms with Crippen molar-refractivity contribution in [1.29, 1.82) is 0 Å². The van der Waals surface area contributed by atoms with Crippen LogP contribution in [0.5, 0.6) is 0 Å². The van der Waals surface area contributed by atoms with Crippen LogP contribution in [-0.2, 0) is 0 Å². The van der Waals surface area contributed by atoms with Gasteiger partial charge >= 0.3 is 73.1 Å². The van der Waals surface area contributed by atoms with Crippen LogP contribution < -0.4 is 0 Å². The molecule has 0 aliphatic rings. The number of hydrogen-bond acceptors (Lipinski definition) is 0. The van der Waals surface area contributed by atoms with Crippen LogP contribution in [0.1, 0.15) is 40.0 Å². The van der Waals surface area contributed by atoms with E-state index in [0.29, 0.717) is 0 Å². The molecule has 0 saturated carbocycles. The summed E-state index contributed by atoms with van der Waals surface area (Å²) in [6.07, 6.45) is 4.36. The topological polar surface area (TPSA) is 31.5 Å². The molecule has 0 atom stereocenters. The molecule has 69 valence electrons. The zero-order valence-corrected chi connectivity index (χ0v) is 11.1. The van der Waals surface area contributed by atoms with Crippen LogP contribution in [0.15, 0.2) is 0 Å². The van der Waals surface area contributed by atoms with Crippen molar-refractivity contribution >= 4 is 19.8 Å². The Morgan fingerprint density at radius 2 is 1.00 bits per heavy atom. The zero-order valence-electron chi connectivity index (χ0n) is 8.24. The first kappa shape index (κ1) is 14.3. The number of hydrogen-bond donors (Lipinski definition) is 0. The molecule has 0 fully saturated rings. The Hall–Kier alpha value is 0.759. The van der Waals surface area contributed by atoms with Gasteiger partial charge in [-0.05, 0) is 0 Å². The summed E-state index contributed by atoms with van der Waals surface area (Å²) < 4.78 is 4.93. The van der Waals surface area contributed by atoms with E-state index in [1.807, 2.05) is 0 Å². The number of rotatable bonds is 6. The molecular formula is C9H23OSn. The summed E-state index contributed by atoms with van der Waals surface area (Å²) in [7, 11) is 0. The van der Waals surface area contributed by atoms with E-state index in [4.69, 9.17) is 0 Å². The first-order chi connectivity index (χ1) is 4.85. The summed E-state index contributed by atoms with van der Waals surface area (Å²) in [5.74, 6) is 0. The molecule has 0 spiro atoms. The summed E-state index contributed by atoms with van der Waals surface area (Å²) in [6, 6.07) is 0. The van der Waals surface area contributed by atoms with Crippen LogP contribution in [0.4, 0.5) is 0 Å². The fourth-order valence-electron chi connectivity index (χ4n) is 1.44. The Morgan fingerprint density at radius 3 is 1.18 bits per heavy atom. The van der Waals surface area contributed by atoms with Crippen molar-refractivity contribution in [1.82, 2.24) is 0 Å². The summed E-state index contributed by atoms with van der Waals surface area (Å²) in [5, 5.41) is 0. The molecule has 0 amide bonds. The smallest absolute Gasteiger partial charge is 0.412 e. The standard InChI is InChI=1S/3C3H7.H2O.Sn/c3*1-3-2;;/h3*1,3H2,2H3;1H2;. The first-order valence-corrected chi connectivity index (χ1v) is 10.7. The van der Waals surface area contributed by atoms with Gasteiger partial charge in [-0.15, -0.1) is 0 Å². The van der Waals surface area contributed by atoms with E-state index in [0.717, 1.165) is 0 Å². The third kappa shape index (κ3) is 8.67. The fourth-order valence-corrected chi connectivity index (χ4v) is 9.63. The molecule has 2 heteroatoms. The first-order valence-electron chi connectivity index (χ1n) is 4.68. The molecule has 11 heavy (non-hydrogen) atoms. The van der Waals surface area contributed by atoms with Gasteiger partial charge in [0, 0.05) is 0 Å². The second kappa shape index (κ2) is 10.8. The molecule has 0 bridgehead atoms. The molecule has 2 N–H and O–H groups in total. The Bertz CT molecular complexity index is 52.3. The average molecular weight is 266 g/mol. The molecule has 0 aromatic rings. The minimum atomic E-state index is -0.759. The van der Waals surface area contributed by atoms with Gasteiger partial charge in [0.05, 0.1) is 0 Å². The van der Waals surface area contributed by atoms with Gasteiger partial charge in [-0.25, -0.2) is 0 Å². The van der Waals surface area contributed by atoms with E-state index in [9.17, 15) is 0 Å². The van der Waals surface area contributed by atoms with E-state index < -0.39 is 19.8 Å². The van der Waals surface area contributed by atoms with E-state index in [2.05, 4.69) is 20.8 Å². The van der Waals surface area contributed by atoms with Gasteiger partial charge in [-0.1, -0.05) is 0 Å². The maximum absolute atomic E-state index is 2.34. The maximum Gasteiger partial charge on any atom is -0.412 e. The molecule has 0 aromatic carbocycles. The van der Waals surface area contributed by atoms with Crippen LogP contribution in [0, 0.1) is 0 Å². The van der Waals surface area contributed by atoms with Crippen LogP contribution in [0.25, 0.3) is 0 Å². The molecule has 0 saturated heterocycles. The van der Waals surface area contributed by atoms with Crippen molar-refractivity contribution in [3.63, 3.8) is 0 Å². The van der Waals surface area contributed by atoms with Crippen LogP contribution in [-0.4, -0.2) is 25.2 Å². The van der Waals surface area contributed by atoms with Crippen molar-refractivity contribution in [2.45, 2.75) is 53.3 Å². The summed E-state index contributed by atoms with van der Waals surface area (Å²) in [5.41, 5.74) is 0. The molecule has 0 rings (SSSR count). The second-order valence-electron chi connectivity index (χ2n) is 3.00. The van der Waals surface area contributed by atoms with Crippen LogP contribution in [0.2, 0.25) is 13.3 Å². The Labute approximate surface area is 78.6 Å². The van der Waals surface area contributed by atoms with Gasteiger partial charge in [0.15, 0.2) is 0 Å². The SMILES string of the molecule is CC[CH2][Sn]([CH2]CC)[CH2]CC.O. The molecule has 1 nitrogen and oxygen atoms in total. The van der Waals surface area contributed by atoms with E-state index in [1.165, 1.54) is 19.3 Å². The second-order valence-corrected chi connectivity index (χ2v) is 11.6. The van der Waals surface area contributed by atoms with Gasteiger partial charge in [0.25, 0.3) is 0 Å². The molecular weight excluding hydrogens is 243 g/mol. The minimum Gasteiger partial charge on any atom is -0.412 e. The van der Waals surface area contributed by atoms with Gasteiger partial charge in [0.1, 0.15) is 0 Å². The monoisotopic (exact) mass is 267 g/mol. The maximum atomic E-state index is 2.34. The average Bonchev–Trinajstić information content (AvgIpc) is 1.90. The molecule has 0 unspecified atom stereocenters. The summed E-state index contributed by atoms with van der Waals surface area (Å²) in [6.45, 7) is 7.02. The summed E-state index contributed by atoms with van der Waals surface area (Å²) >= 11 is -0.759. The van der Waals surface area contributed by atoms with E-state index in [-0.39, 0.29) is 5.48 Å². The quantitative estimate of drug-likeness (QED) is 0.662. The van der Waals surface area contributed by atoms with E-state index in [1.54, 1.807) is 13.3 Å². The molecule has 0 aromatic heterocycles. The van der Waals surface area contributed by atoms with E-state index >= 15 is 0 Å².